The van der Waals surface area contributed by atoms with Crippen molar-refractivity contribution in [2.45, 2.75) is 20.3 Å². The Balaban J connectivity index is 1.57. The zero-order chi connectivity index (χ0) is 20.1. The fraction of sp³-hybridized carbons (Fsp3) is 0.190. The fourth-order valence-corrected chi connectivity index (χ4v) is 3.14. The number of carbonyl (C=O) groups is 1. The van der Waals surface area contributed by atoms with E-state index in [0.717, 1.165) is 22.4 Å². The fourth-order valence-electron chi connectivity index (χ4n) is 2.77. The van der Waals surface area contributed by atoms with Gasteiger partial charge in [-0.05, 0) is 55.2 Å². The summed E-state index contributed by atoms with van der Waals surface area (Å²) in [6, 6.07) is 10.1. The molecule has 0 bridgehead atoms. The Labute approximate surface area is 168 Å². The molecule has 28 heavy (non-hydrogen) atoms. The summed E-state index contributed by atoms with van der Waals surface area (Å²) in [5.41, 5.74) is 4.10. The van der Waals surface area contributed by atoms with E-state index in [9.17, 15) is 9.18 Å². The highest BCUT2D eigenvalue weighted by Crippen LogP contribution is 2.29. The van der Waals surface area contributed by atoms with Crippen molar-refractivity contribution in [3.8, 4) is 0 Å². The number of amides is 1. The predicted molar refractivity (Wildman–Crippen MR) is 109 cm³/mol. The minimum atomic E-state index is -0.277. The van der Waals surface area contributed by atoms with Gasteiger partial charge in [-0.25, -0.2) is 14.4 Å². The monoisotopic (exact) mass is 398 g/mol. The quantitative estimate of drug-likeness (QED) is 0.636. The van der Waals surface area contributed by atoms with Crippen LogP contribution in [0.1, 0.15) is 27.0 Å². The van der Waals surface area contributed by atoms with E-state index in [1.165, 1.54) is 24.5 Å². The van der Waals surface area contributed by atoms with Crippen molar-refractivity contribution in [3.63, 3.8) is 0 Å². The van der Waals surface area contributed by atoms with E-state index in [1.54, 1.807) is 12.1 Å². The third-order valence-electron chi connectivity index (χ3n) is 4.20. The van der Waals surface area contributed by atoms with Gasteiger partial charge in [-0.3, -0.25) is 4.79 Å². The molecule has 0 saturated carbocycles. The average molecular weight is 399 g/mol. The van der Waals surface area contributed by atoms with Crippen molar-refractivity contribution < 1.29 is 9.18 Å². The first kappa shape index (κ1) is 19.8. The molecule has 7 heteroatoms. The Hall–Kier alpha value is -2.99. The number of carbonyl (C=O) groups excluding carboxylic acids is 1. The molecule has 144 valence electrons. The summed E-state index contributed by atoms with van der Waals surface area (Å²) in [7, 11) is 0. The van der Waals surface area contributed by atoms with Gasteiger partial charge in [0.25, 0.3) is 5.91 Å². The molecular weight excluding hydrogens is 379 g/mol. The summed E-state index contributed by atoms with van der Waals surface area (Å²) in [5, 5.41) is 6.47. The zero-order valence-electron chi connectivity index (χ0n) is 15.6. The van der Waals surface area contributed by atoms with Crippen molar-refractivity contribution in [2.75, 3.05) is 11.9 Å². The zero-order valence-corrected chi connectivity index (χ0v) is 16.3. The number of benzene rings is 2. The standard InChI is InChI=1S/C21H20ClFN4O/c1-13-9-14(2)19(18(22)10-13)27-21-25-11-16(12-26-21)20(28)24-8-7-15-3-5-17(23)6-4-15/h3-6,9-12H,7-8H2,1-2H3,(H,24,28)(H,25,26,27). The molecule has 1 heterocycles. The van der Waals surface area contributed by atoms with Gasteiger partial charge in [0.05, 0.1) is 16.3 Å². The maximum atomic E-state index is 12.9. The van der Waals surface area contributed by atoms with Gasteiger partial charge in [0.15, 0.2) is 0 Å². The highest BCUT2D eigenvalue weighted by molar-refractivity contribution is 6.33. The molecule has 1 aromatic heterocycles. The molecule has 5 nitrogen and oxygen atoms in total. The molecule has 3 rings (SSSR count). The molecular formula is C21H20ClFN4O. The average Bonchev–Trinajstić information content (AvgIpc) is 2.66. The molecule has 0 fully saturated rings. The minimum absolute atomic E-state index is 0.266. The van der Waals surface area contributed by atoms with Crippen molar-refractivity contribution >= 4 is 29.1 Å². The molecule has 2 aromatic carbocycles. The summed E-state index contributed by atoms with van der Waals surface area (Å²) in [6.07, 6.45) is 3.53. The number of hydrogen-bond donors (Lipinski definition) is 2. The topological polar surface area (TPSA) is 66.9 Å². The molecule has 0 aliphatic carbocycles. The van der Waals surface area contributed by atoms with Crippen LogP contribution in [0.25, 0.3) is 0 Å². The molecule has 0 saturated heterocycles. The van der Waals surface area contributed by atoms with Gasteiger partial charge < -0.3 is 10.6 Å². The highest BCUT2D eigenvalue weighted by atomic mass is 35.5. The largest absolute Gasteiger partial charge is 0.352 e. The predicted octanol–water partition coefficient (Wildman–Crippen LogP) is 4.60. The second kappa shape index (κ2) is 8.80. The molecule has 0 atom stereocenters. The highest BCUT2D eigenvalue weighted by Gasteiger charge is 2.10. The van der Waals surface area contributed by atoms with Crippen LogP contribution in [0.4, 0.5) is 16.0 Å². The van der Waals surface area contributed by atoms with E-state index in [2.05, 4.69) is 20.6 Å². The number of halogens is 2. The molecule has 3 aromatic rings. The number of hydrogen-bond acceptors (Lipinski definition) is 4. The van der Waals surface area contributed by atoms with E-state index >= 15 is 0 Å². The summed E-state index contributed by atoms with van der Waals surface area (Å²) < 4.78 is 12.9. The van der Waals surface area contributed by atoms with Crippen LogP contribution in [-0.2, 0) is 6.42 Å². The summed E-state index contributed by atoms with van der Waals surface area (Å²) in [5.74, 6) is -0.185. The maximum absolute atomic E-state index is 12.9. The van der Waals surface area contributed by atoms with Crippen LogP contribution < -0.4 is 10.6 Å². The Bertz CT molecular complexity index is 952. The van der Waals surface area contributed by atoms with Crippen molar-refractivity contribution in [1.29, 1.82) is 0 Å². The first-order valence-corrected chi connectivity index (χ1v) is 9.18. The molecule has 0 unspecified atom stereocenters. The molecule has 0 aliphatic rings. The van der Waals surface area contributed by atoms with E-state index in [4.69, 9.17) is 11.6 Å². The van der Waals surface area contributed by atoms with Gasteiger partial charge in [-0.2, -0.15) is 0 Å². The van der Waals surface area contributed by atoms with Crippen LogP contribution in [0.3, 0.4) is 0 Å². The summed E-state index contributed by atoms with van der Waals surface area (Å²) in [4.78, 5) is 20.6. The van der Waals surface area contributed by atoms with E-state index in [0.29, 0.717) is 29.5 Å². The Kier molecular flexibility index (Phi) is 6.21. The van der Waals surface area contributed by atoms with E-state index in [1.807, 2.05) is 26.0 Å². The first-order chi connectivity index (χ1) is 13.4. The molecule has 2 N–H and O–H groups in total. The molecule has 0 aliphatic heterocycles. The van der Waals surface area contributed by atoms with Crippen molar-refractivity contribution in [2.24, 2.45) is 0 Å². The van der Waals surface area contributed by atoms with Gasteiger partial charge in [-0.1, -0.05) is 29.8 Å². The van der Waals surface area contributed by atoms with Crippen molar-refractivity contribution in [1.82, 2.24) is 15.3 Å². The van der Waals surface area contributed by atoms with Crippen LogP contribution in [0, 0.1) is 19.7 Å². The number of nitrogens with one attached hydrogen (secondary N) is 2. The van der Waals surface area contributed by atoms with Gasteiger partial charge in [0.1, 0.15) is 5.82 Å². The molecule has 0 spiro atoms. The Morgan fingerprint density at radius 2 is 1.79 bits per heavy atom. The number of rotatable bonds is 6. The number of anilines is 2. The normalized spacial score (nSPS) is 10.6. The molecule has 0 radical (unpaired) electrons. The third kappa shape index (κ3) is 5.04. The maximum Gasteiger partial charge on any atom is 0.254 e. The second-order valence-electron chi connectivity index (χ2n) is 6.49. The van der Waals surface area contributed by atoms with Gasteiger partial charge in [0, 0.05) is 18.9 Å². The Morgan fingerprint density at radius 1 is 1.11 bits per heavy atom. The van der Waals surface area contributed by atoms with Crippen LogP contribution in [0.15, 0.2) is 48.8 Å². The lowest BCUT2D eigenvalue weighted by Gasteiger charge is -2.11. The van der Waals surface area contributed by atoms with Gasteiger partial charge >= 0.3 is 0 Å². The number of nitrogens with zero attached hydrogens (tertiary/aromatic N) is 2. The van der Waals surface area contributed by atoms with E-state index < -0.39 is 0 Å². The van der Waals surface area contributed by atoms with Crippen LogP contribution in [0.5, 0.6) is 0 Å². The summed E-state index contributed by atoms with van der Waals surface area (Å²) >= 11 is 6.28. The lowest BCUT2D eigenvalue weighted by atomic mass is 10.1. The van der Waals surface area contributed by atoms with E-state index in [-0.39, 0.29) is 11.7 Å². The smallest absolute Gasteiger partial charge is 0.254 e. The number of aryl methyl sites for hydroxylation is 2. The van der Waals surface area contributed by atoms with Gasteiger partial charge in [0.2, 0.25) is 5.95 Å². The van der Waals surface area contributed by atoms with Crippen LogP contribution in [-0.4, -0.2) is 22.4 Å². The van der Waals surface area contributed by atoms with Crippen LogP contribution >= 0.6 is 11.6 Å². The lowest BCUT2D eigenvalue weighted by Crippen LogP contribution is -2.26. The minimum Gasteiger partial charge on any atom is -0.352 e. The lowest BCUT2D eigenvalue weighted by molar-refractivity contribution is 0.0953. The third-order valence-corrected chi connectivity index (χ3v) is 4.49. The Morgan fingerprint density at radius 3 is 2.43 bits per heavy atom. The molecule has 1 amide bonds. The van der Waals surface area contributed by atoms with Gasteiger partial charge in [-0.15, -0.1) is 0 Å². The second-order valence-corrected chi connectivity index (χ2v) is 6.90. The van der Waals surface area contributed by atoms with Crippen molar-refractivity contribution in [3.05, 3.63) is 81.9 Å². The SMILES string of the molecule is Cc1cc(C)c(Nc2ncc(C(=O)NCCc3ccc(F)cc3)cn2)c(Cl)c1. The summed E-state index contributed by atoms with van der Waals surface area (Å²) in [6.45, 7) is 4.36. The first-order valence-electron chi connectivity index (χ1n) is 8.81. The number of aromatic nitrogens is 2. The van der Waals surface area contributed by atoms with Crippen LogP contribution in [0.2, 0.25) is 5.02 Å².